The summed E-state index contributed by atoms with van der Waals surface area (Å²) in [6.45, 7) is 3.84. The number of nitrogens with one attached hydrogen (secondary N) is 1. The van der Waals surface area contributed by atoms with Gasteiger partial charge in [-0.15, -0.1) is 10.2 Å². The van der Waals surface area contributed by atoms with E-state index >= 15 is 0 Å². The Morgan fingerprint density at radius 2 is 2.04 bits per heavy atom. The highest BCUT2D eigenvalue weighted by atomic mass is 32.1. The van der Waals surface area contributed by atoms with E-state index in [1.165, 1.54) is 11.3 Å². The molecule has 3 heterocycles. The lowest BCUT2D eigenvalue weighted by Gasteiger charge is -2.06. The molecule has 1 aromatic carbocycles. The Morgan fingerprint density at radius 3 is 2.85 bits per heavy atom. The minimum atomic E-state index is -0.256. The average Bonchev–Trinajstić information content (AvgIpc) is 3.27. The predicted octanol–water partition coefficient (Wildman–Crippen LogP) is 3.40. The Kier molecular flexibility index (Phi) is 4.18. The first-order chi connectivity index (χ1) is 12.7. The molecular formula is C18H16N6OS. The zero-order valence-corrected chi connectivity index (χ0v) is 15.1. The minimum Gasteiger partial charge on any atom is -0.296 e. The lowest BCUT2D eigenvalue weighted by atomic mass is 10.2. The van der Waals surface area contributed by atoms with Gasteiger partial charge in [-0.1, -0.05) is 36.5 Å². The van der Waals surface area contributed by atoms with Crippen LogP contribution in [0.25, 0.3) is 16.7 Å². The van der Waals surface area contributed by atoms with E-state index < -0.39 is 0 Å². The molecule has 0 aliphatic carbocycles. The molecule has 26 heavy (non-hydrogen) atoms. The van der Waals surface area contributed by atoms with E-state index in [1.807, 2.05) is 50.2 Å². The molecule has 0 bridgehead atoms. The van der Waals surface area contributed by atoms with Crippen LogP contribution < -0.4 is 5.32 Å². The number of hydrogen-bond donors (Lipinski definition) is 1. The summed E-state index contributed by atoms with van der Waals surface area (Å²) >= 11 is 1.37. The monoisotopic (exact) mass is 364 g/mol. The van der Waals surface area contributed by atoms with Crippen molar-refractivity contribution in [2.24, 2.45) is 0 Å². The number of para-hydroxylation sites is 1. The largest absolute Gasteiger partial charge is 0.296 e. The van der Waals surface area contributed by atoms with Crippen LogP contribution in [0.3, 0.4) is 0 Å². The van der Waals surface area contributed by atoms with Crippen molar-refractivity contribution < 1.29 is 4.79 Å². The van der Waals surface area contributed by atoms with Crippen molar-refractivity contribution in [2.75, 3.05) is 5.32 Å². The first-order valence-electron chi connectivity index (χ1n) is 8.20. The number of carbonyl (C=O) groups is 1. The number of fused-ring (bicyclic) bond motifs is 1. The summed E-state index contributed by atoms with van der Waals surface area (Å²) in [5.41, 5.74) is 2.07. The first kappa shape index (κ1) is 16.3. The third kappa shape index (κ3) is 2.95. The van der Waals surface area contributed by atoms with Crippen molar-refractivity contribution in [3.8, 4) is 5.82 Å². The molecule has 0 saturated heterocycles. The van der Waals surface area contributed by atoms with Gasteiger partial charge in [0.05, 0.1) is 23.0 Å². The zero-order valence-electron chi connectivity index (χ0n) is 14.3. The lowest BCUT2D eigenvalue weighted by molar-refractivity contribution is 0.102. The van der Waals surface area contributed by atoms with Gasteiger partial charge in [0.1, 0.15) is 5.01 Å². The molecule has 3 aromatic heterocycles. The summed E-state index contributed by atoms with van der Waals surface area (Å²) < 4.78 is 1.67. The molecule has 0 radical (unpaired) electrons. The number of aryl methyl sites for hydroxylation is 1. The van der Waals surface area contributed by atoms with Crippen LogP contribution in [0, 0.1) is 6.92 Å². The number of benzene rings is 1. The number of amides is 1. The third-order valence-corrected chi connectivity index (χ3v) is 5.03. The lowest BCUT2D eigenvalue weighted by Crippen LogP contribution is -2.13. The van der Waals surface area contributed by atoms with Gasteiger partial charge in [-0.25, -0.2) is 9.67 Å². The van der Waals surface area contributed by atoms with Gasteiger partial charge in [0, 0.05) is 5.39 Å². The second kappa shape index (κ2) is 6.64. The van der Waals surface area contributed by atoms with Crippen LogP contribution in [0.5, 0.6) is 0 Å². The van der Waals surface area contributed by atoms with Crippen LogP contribution in [0.1, 0.15) is 28.0 Å². The maximum absolute atomic E-state index is 12.5. The maximum Gasteiger partial charge on any atom is 0.260 e. The summed E-state index contributed by atoms with van der Waals surface area (Å²) in [6.07, 6.45) is 2.33. The van der Waals surface area contributed by atoms with E-state index in [9.17, 15) is 4.79 Å². The fourth-order valence-corrected chi connectivity index (χ4v) is 3.32. The van der Waals surface area contributed by atoms with E-state index in [1.54, 1.807) is 10.9 Å². The van der Waals surface area contributed by atoms with Gasteiger partial charge >= 0.3 is 0 Å². The summed E-state index contributed by atoms with van der Waals surface area (Å²) in [6, 6.07) is 11.8. The second-order valence-corrected chi connectivity index (χ2v) is 6.79. The minimum absolute atomic E-state index is 0.256. The summed E-state index contributed by atoms with van der Waals surface area (Å²) in [5.74, 6) is 0.415. The van der Waals surface area contributed by atoms with E-state index in [0.717, 1.165) is 22.3 Å². The smallest absolute Gasteiger partial charge is 0.260 e. The van der Waals surface area contributed by atoms with Crippen molar-refractivity contribution in [1.82, 2.24) is 25.0 Å². The molecule has 0 fully saturated rings. The second-order valence-electron chi connectivity index (χ2n) is 5.73. The number of pyridine rings is 1. The molecule has 7 nitrogen and oxygen atoms in total. The first-order valence-corrected chi connectivity index (χ1v) is 9.02. The maximum atomic E-state index is 12.5. The predicted molar refractivity (Wildman–Crippen MR) is 101 cm³/mol. The number of rotatable bonds is 4. The van der Waals surface area contributed by atoms with Crippen LogP contribution >= 0.6 is 11.3 Å². The molecule has 0 spiro atoms. The number of hydrogen-bond acceptors (Lipinski definition) is 6. The summed E-state index contributed by atoms with van der Waals surface area (Å²) in [5, 5.41) is 17.5. The van der Waals surface area contributed by atoms with E-state index in [2.05, 4.69) is 25.6 Å². The van der Waals surface area contributed by atoms with Crippen LogP contribution in [0.15, 0.2) is 42.6 Å². The standard InChI is InChI=1S/C18H16N6OS/c1-3-16-22-23-18(26-16)21-17(25)13-10-19-24(11(13)2)15-9-8-12-6-4-5-7-14(12)20-15/h4-10H,3H2,1-2H3,(H,21,23,25). The summed E-state index contributed by atoms with van der Waals surface area (Å²) in [7, 11) is 0. The molecule has 4 aromatic rings. The number of anilines is 1. The highest BCUT2D eigenvalue weighted by molar-refractivity contribution is 7.15. The molecule has 1 N–H and O–H groups in total. The van der Waals surface area contributed by atoms with E-state index in [4.69, 9.17) is 0 Å². The normalized spacial score (nSPS) is 11.0. The van der Waals surface area contributed by atoms with Gasteiger partial charge in [-0.3, -0.25) is 10.1 Å². The molecule has 0 unspecified atom stereocenters. The highest BCUT2D eigenvalue weighted by Gasteiger charge is 2.17. The fourth-order valence-electron chi connectivity index (χ4n) is 2.65. The number of aromatic nitrogens is 5. The molecule has 8 heteroatoms. The van der Waals surface area contributed by atoms with Crippen LogP contribution in [0.4, 0.5) is 5.13 Å². The van der Waals surface area contributed by atoms with Crippen molar-refractivity contribution in [3.63, 3.8) is 0 Å². The highest BCUT2D eigenvalue weighted by Crippen LogP contribution is 2.20. The molecule has 0 aliphatic heterocycles. The Balaban J connectivity index is 1.63. The Bertz CT molecular complexity index is 1100. The van der Waals surface area contributed by atoms with Gasteiger partial charge < -0.3 is 0 Å². The Labute approximate surface area is 153 Å². The number of nitrogens with zero attached hydrogens (tertiary/aromatic N) is 5. The quantitative estimate of drug-likeness (QED) is 0.600. The van der Waals surface area contributed by atoms with E-state index in [-0.39, 0.29) is 5.91 Å². The van der Waals surface area contributed by atoms with Gasteiger partial charge in [0.25, 0.3) is 5.91 Å². The Hall–Kier alpha value is -3.13. The summed E-state index contributed by atoms with van der Waals surface area (Å²) in [4.78, 5) is 17.2. The van der Waals surface area contributed by atoms with Gasteiger partial charge in [-0.05, 0) is 31.5 Å². The van der Waals surface area contributed by atoms with Gasteiger partial charge in [0.2, 0.25) is 5.13 Å². The third-order valence-electron chi connectivity index (χ3n) is 4.04. The van der Waals surface area contributed by atoms with Crippen molar-refractivity contribution in [2.45, 2.75) is 20.3 Å². The average molecular weight is 364 g/mol. The van der Waals surface area contributed by atoms with Crippen LogP contribution in [0.2, 0.25) is 0 Å². The zero-order chi connectivity index (χ0) is 18.1. The van der Waals surface area contributed by atoms with Crippen LogP contribution in [-0.2, 0) is 6.42 Å². The van der Waals surface area contributed by atoms with Crippen LogP contribution in [-0.4, -0.2) is 30.9 Å². The van der Waals surface area contributed by atoms with Crippen molar-refractivity contribution >= 4 is 33.3 Å². The Morgan fingerprint density at radius 1 is 1.19 bits per heavy atom. The number of carbonyl (C=O) groups excluding carboxylic acids is 1. The van der Waals surface area contributed by atoms with Gasteiger partial charge in [0.15, 0.2) is 5.82 Å². The van der Waals surface area contributed by atoms with Crippen molar-refractivity contribution in [1.29, 1.82) is 0 Å². The topological polar surface area (TPSA) is 85.6 Å². The SMILES string of the molecule is CCc1nnc(NC(=O)c2cnn(-c3ccc4ccccc4n3)c2C)s1. The van der Waals surface area contributed by atoms with E-state index in [0.29, 0.717) is 22.2 Å². The molecule has 0 atom stereocenters. The van der Waals surface area contributed by atoms with Gasteiger partial charge in [-0.2, -0.15) is 5.10 Å². The fraction of sp³-hybridized carbons (Fsp3) is 0.167. The molecule has 130 valence electrons. The molecular weight excluding hydrogens is 348 g/mol. The molecule has 4 rings (SSSR count). The van der Waals surface area contributed by atoms with Crippen molar-refractivity contribution in [3.05, 3.63) is 58.9 Å². The molecule has 0 aliphatic rings. The molecule has 0 saturated carbocycles. The molecule has 1 amide bonds.